The maximum atomic E-state index is 12.8. The summed E-state index contributed by atoms with van der Waals surface area (Å²) < 4.78 is 38.0. The van der Waals surface area contributed by atoms with Gasteiger partial charge in [0.2, 0.25) is 11.8 Å². The van der Waals surface area contributed by atoms with E-state index in [2.05, 4.69) is 10.6 Å². The zero-order valence-electron chi connectivity index (χ0n) is 16.1. The molecule has 1 heterocycles. The topological polar surface area (TPSA) is 95.6 Å². The number of rotatable bonds is 7. The van der Waals surface area contributed by atoms with Gasteiger partial charge in [-0.3, -0.25) is 19.2 Å². The first-order valence-electron chi connectivity index (χ1n) is 8.95. The van der Waals surface area contributed by atoms with E-state index in [1.807, 2.05) is 0 Å². The minimum Gasteiger partial charge on any atom is -0.344 e. The standard InChI is InChI=1S/C17H25F3IN3O4/c1-8(2)11(13(25)17(18,19)20)22-14(26)10-6-5-7-24(10)15(27)12(9(3)4)23-16(21)28/h8-12H,5-7H2,1-4H3,(H,22,26)(H,23,28). The normalized spacial score (nSPS) is 19.5. The summed E-state index contributed by atoms with van der Waals surface area (Å²) in [6, 6.07) is -3.56. The highest BCUT2D eigenvalue weighted by atomic mass is 127. The Morgan fingerprint density at radius 2 is 1.54 bits per heavy atom. The van der Waals surface area contributed by atoms with Gasteiger partial charge in [0.05, 0.1) is 6.04 Å². The van der Waals surface area contributed by atoms with Crippen molar-refractivity contribution in [3.8, 4) is 0 Å². The average Bonchev–Trinajstić information content (AvgIpc) is 3.04. The number of amides is 3. The highest BCUT2D eigenvalue weighted by Gasteiger charge is 2.46. The number of carbonyl (C=O) groups excluding carboxylic acids is 4. The van der Waals surface area contributed by atoms with Crippen molar-refractivity contribution in [3.05, 3.63) is 0 Å². The first-order chi connectivity index (χ1) is 12.8. The summed E-state index contributed by atoms with van der Waals surface area (Å²) in [6.07, 6.45) is -4.31. The number of carbonyl (C=O) groups is 4. The molecule has 0 aromatic carbocycles. The van der Waals surface area contributed by atoms with Gasteiger partial charge in [-0.2, -0.15) is 13.2 Å². The predicted octanol–water partition coefficient (Wildman–Crippen LogP) is 2.42. The number of nitrogens with one attached hydrogen (secondary N) is 2. The summed E-state index contributed by atoms with van der Waals surface area (Å²) in [4.78, 5) is 49.7. The summed E-state index contributed by atoms with van der Waals surface area (Å²) in [6.45, 7) is 6.51. The third-order valence-electron chi connectivity index (χ3n) is 4.57. The van der Waals surface area contributed by atoms with E-state index in [4.69, 9.17) is 0 Å². The summed E-state index contributed by atoms with van der Waals surface area (Å²) in [7, 11) is 0. The molecular weight excluding hydrogens is 494 g/mol. The van der Waals surface area contributed by atoms with E-state index in [1.165, 1.54) is 41.3 Å². The maximum absolute atomic E-state index is 12.8. The molecule has 0 aromatic heterocycles. The van der Waals surface area contributed by atoms with Gasteiger partial charge in [-0.1, -0.05) is 27.7 Å². The van der Waals surface area contributed by atoms with Crippen LogP contribution < -0.4 is 10.6 Å². The van der Waals surface area contributed by atoms with Crippen molar-refractivity contribution >= 4 is 44.1 Å². The molecule has 2 N–H and O–H groups in total. The molecule has 1 aliphatic heterocycles. The quantitative estimate of drug-likeness (QED) is 0.307. The van der Waals surface area contributed by atoms with Gasteiger partial charge in [-0.25, -0.2) is 0 Å². The van der Waals surface area contributed by atoms with E-state index < -0.39 is 51.7 Å². The molecule has 28 heavy (non-hydrogen) atoms. The number of alkyl halides is 3. The Labute approximate surface area is 175 Å². The van der Waals surface area contributed by atoms with Gasteiger partial charge >= 0.3 is 6.18 Å². The van der Waals surface area contributed by atoms with Crippen LogP contribution in [0.5, 0.6) is 0 Å². The van der Waals surface area contributed by atoms with Gasteiger partial charge in [0.1, 0.15) is 12.1 Å². The van der Waals surface area contributed by atoms with Crippen molar-refractivity contribution in [2.24, 2.45) is 11.8 Å². The van der Waals surface area contributed by atoms with Crippen LogP contribution in [0.15, 0.2) is 0 Å². The number of ketones is 1. The third-order valence-corrected chi connectivity index (χ3v) is 4.88. The second kappa shape index (κ2) is 9.88. The van der Waals surface area contributed by atoms with Crippen LogP contribution in [-0.2, 0) is 14.4 Å². The highest BCUT2D eigenvalue weighted by molar-refractivity contribution is 14.1. The lowest BCUT2D eigenvalue weighted by atomic mass is 9.98. The van der Waals surface area contributed by atoms with Crippen LogP contribution in [0.3, 0.4) is 0 Å². The fraction of sp³-hybridized carbons (Fsp3) is 0.765. The second-order valence-electron chi connectivity index (χ2n) is 7.42. The van der Waals surface area contributed by atoms with Gasteiger partial charge < -0.3 is 15.5 Å². The summed E-state index contributed by atoms with van der Waals surface area (Å²) in [5.74, 6) is -4.31. The number of halogens is 4. The first-order valence-corrected chi connectivity index (χ1v) is 10.0. The Morgan fingerprint density at radius 1 is 1.00 bits per heavy atom. The fourth-order valence-electron chi connectivity index (χ4n) is 3.08. The monoisotopic (exact) mass is 519 g/mol. The highest BCUT2D eigenvalue weighted by Crippen LogP contribution is 2.24. The molecule has 3 atom stereocenters. The maximum Gasteiger partial charge on any atom is 0.452 e. The molecule has 0 saturated carbocycles. The average molecular weight is 519 g/mol. The molecule has 160 valence electrons. The molecule has 1 rings (SSSR count). The van der Waals surface area contributed by atoms with Crippen LogP contribution in [0.1, 0.15) is 40.5 Å². The Hall–Kier alpha value is -1.40. The van der Waals surface area contributed by atoms with Crippen LogP contribution >= 0.6 is 22.6 Å². The lowest BCUT2D eigenvalue weighted by Crippen LogP contribution is -2.57. The van der Waals surface area contributed by atoms with Crippen molar-refractivity contribution < 1.29 is 32.3 Å². The van der Waals surface area contributed by atoms with Crippen molar-refractivity contribution in [2.45, 2.75) is 64.8 Å². The Bertz CT molecular complexity index is 625. The molecule has 3 unspecified atom stereocenters. The molecule has 11 heteroatoms. The van der Waals surface area contributed by atoms with Crippen LogP contribution in [-0.4, -0.2) is 57.3 Å². The van der Waals surface area contributed by atoms with Crippen LogP contribution in [0, 0.1) is 11.8 Å². The van der Waals surface area contributed by atoms with E-state index in [9.17, 15) is 32.3 Å². The van der Waals surface area contributed by atoms with E-state index in [0.29, 0.717) is 6.42 Å². The fourth-order valence-corrected chi connectivity index (χ4v) is 3.41. The molecule has 0 aliphatic carbocycles. The number of likely N-dealkylation sites (tertiary alicyclic amines) is 1. The van der Waals surface area contributed by atoms with Gasteiger partial charge in [0.25, 0.3) is 9.70 Å². The van der Waals surface area contributed by atoms with E-state index in [1.54, 1.807) is 13.8 Å². The Balaban J connectivity index is 2.98. The third kappa shape index (κ3) is 6.31. The SMILES string of the molecule is CC(C)C(NC(=O)I)C(=O)N1CCCC1C(=O)NC(C(=O)C(F)(F)F)C(C)C. The minimum atomic E-state index is -5.07. The number of hydrogen-bond acceptors (Lipinski definition) is 4. The van der Waals surface area contributed by atoms with Gasteiger partial charge in [-0.05, 0) is 24.7 Å². The Kier molecular flexibility index (Phi) is 8.69. The van der Waals surface area contributed by atoms with E-state index in [-0.39, 0.29) is 18.9 Å². The van der Waals surface area contributed by atoms with Gasteiger partial charge in [0.15, 0.2) is 0 Å². The van der Waals surface area contributed by atoms with Crippen LogP contribution in [0.25, 0.3) is 0 Å². The molecular formula is C17H25F3IN3O4. The summed E-state index contributed by atoms with van der Waals surface area (Å²) in [5.41, 5.74) is 0. The molecule has 0 radical (unpaired) electrons. The number of hydrogen-bond donors (Lipinski definition) is 2. The van der Waals surface area contributed by atoms with Crippen molar-refractivity contribution in [1.29, 1.82) is 0 Å². The van der Waals surface area contributed by atoms with Gasteiger partial charge in [-0.15, -0.1) is 0 Å². The lowest BCUT2D eigenvalue weighted by molar-refractivity contribution is -0.175. The van der Waals surface area contributed by atoms with Crippen LogP contribution in [0.4, 0.5) is 18.0 Å². The van der Waals surface area contributed by atoms with Crippen molar-refractivity contribution in [3.63, 3.8) is 0 Å². The summed E-state index contributed by atoms with van der Waals surface area (Å²) in [5, 5.41) is 4.70. The first kappa shape index (κ1) is 24.6. The second-order valence-corrected chi connectivity index (χ2v) is 8.40. The molecule has 3 amide bonds. The zero-order valence-corrected chi connectivity index (χ0v) is 18.3. The molecule has 1 fully saturated rings. The Morgan fingerprint density at radius 3 is 1.96 bits per heavy atom. The molecule has 0 aromatic rings. The minimum absolute atomic E-state index is 0.245. The van der Waals surface area contributed by atoms with Gasteiger partial charge in [0, 0.05) is 29.1 Å². The zero-order chi connectivity index (χ0) is 21.8. The lowest BCUT2D eigenvalue weighted by Gasteiger charge is -2.31. The molecule has 7 nitrogen and oxygen atoms in total. The molecule has 0 bridgehead atoms. The van der Waals surface area contributed by atoms with Crippen molar-refractivity contribution in [1.82, 2.24) is 15.5 Å². The smallest absolute Gasteiger partial charge is 0.344 e. The molecule has 1 aliphatic rings. The summed E-state index contributed by atoms with van der Waals surface area (Å²) >= 11 is 1.50. The van der Waals surface area contributed by atoms with Crippen LogP contribution in [0.2, 0.25) is 0 Å². The number of nitrogens with zero attached hydrogens (tertiary/aromatic N) is 1. The van der Waals surface area contributed by atoms with Crippen molar-refractivity contribution in [2.75, 3.05) is 6.54 Å². The molecule has 0 spiro atoms. The van der Waals surface area contributed by atoms with E-state index >= 15 is 0 Å². The van der Waals surface area contributed by atoms with E-state index in [0.717, 1.165) is 0 Å². The predicted molar refractivity (Wildman–Crippen MR) is 104 cm³/mol. The largest absolute Gasteiger partial charge is 0.452 e. The number of Topliss-reactive ketones (excluding diaryl/α,β-unsaturated/α-hetero) is 1. The molecule has 1 saturated heterocycles.